The van der Waals surface area contributed by atoms with Crippen molar-refractivity contribution in [3.63, 3.8) is 0 Å². The summed E-state index contributed by atoms with van der Waals surface area (Å²) in [6.45, 7) is 2.15. The highest BCUT2D eigenvalue weighted by Crippen LogP contribution is 2.32. The molecule has 1 nitrogen and oxygen atoms in total. The summed E-state index contributed by atoms with van der Waals surface area (Å²) < 4.78 is 42.8. The maximum atomic E-state index is 14.7. The second-order valence-electron chi connectivity index (χ2n) is 6.49. The normalized spacial score (nSPS) is 10.6. The molecule has 0 N–H and O–H groups in total. The molecule has 0 unspecified atom stereocenters. The average molecular weight is 397 g/mol. The zero-order valence-corrected chi connectivity index (χ0v) is 16.1. The molecule has 0 aliphatic carbocycles. The van der Waals surface area contributed by atoms with Gasteiger partial charge in [-0.25, -0.2) is 13.2 Å². The Labute approximate surface area is 167 Å². The van der Waals surface area contributed by atoms with E-state index >= 15 is 0 Å². The molecule has 0 aliphatic rings. The van der Waals surface area contributed by atoms with E-state index in [4.69, 9.17) is 0 Å². The van der Waals surface area contributed by atoms with Gasteiger partial charge in [0, 0.05) is 5.56 Å². The minimum Gasteiger partial charge on any atom is -0.206 e. The molecule has 0 atom stereocenters. The molecule has 0 aromatic heterocycles. The maximum Gasteiger partial charge on any atom is 0.153 e. The molecule has 3 aromatic carbocycles. The van der Waals surface area contributed by atoms with Crippen molar-refractivity contribution in [3.8, 4) is 22.3 Å². The second-order valence-corrected chi connectivity index (χ2v) is 6.67. The molecule has 0 aliphatic heterocycles. The summed E-state index contributed by atoms with van der Waals surface area (Å²) in [6.07, 6.45) is 3.28. The van der Waals surface area contributed by atoms with E-state index in [-0.39, 0.29) is 11.1 Å². The van der Waals surface area contributed by atoms with Gasteiger partial charge in [0.15, 0.2) is 11.6 Å². The van der Waals surface area contributed by atoms with Gasteiger partial charge in [-0.15, -0.1) is 0 Å². The summed E-state index contributed by atoms with van der Waals surface area (Å²) in [5.74, 6) is -2.39. The molecule has 0 saturated heterocycles. The predicted octanol–water partition coefficient (Wildman–Crippen LogP) is 7.51. The first-order valence-corrected chi connectivity index (χ1v) is 9.40. The van der Waals surface area contributed by atoms with E-state index in [1.54, 1.807) is 6.07 Å². The van der Waals surface area contributed by atoms with E-state index in [0.717, 1.165) is 37.0 Å². The maximum absolute atomic E-state index is 14.7. The van der Waals surface area contributed by atoms with Gasteiger partial charge in [-0.1, -0.05) is 49.7 Å². The molecular formula is C23H18F3NS. The van der Waals surface area contributed by atoms with E-state index < -0.39 is 23.1 Å². The van der Waals surface area contributed by atoms with Crippen molar-refractivity contribution in [1.29, 1.82) is 0 Å². The Morgan fingerprint density at radius 3 is 2.00 bits per heavy atom. The number of aliphatic imine (C=N–C) groups is 1. The van der Waals surface area contributed by atoms with Crippen molar-refractivity contribution in [3.05, 3.63) is 77.6 Å². The van der Waals surface area contributed by atoms with Crippen LogP contribution in [0.5, 0.6) is 0 Å². The zero-order chi connectivity index (χ0) is 20.1. The molecule has 0 bridgehead atoms. The molecule has 0 amide bonds. The van der Waals surface area contributed by atoms with E-state index in [2.05, 4.69) is 24.1 Å². The van der Waals surface area contributed by atoms with E-state index in [1.165, 1.54) is 17.7 Å². The molecule has 28 heavy (non-hydrogen) atoms. The first kappa shape index (κ1) is 20.0. The van der Waals surface area contributed by atoms with E-state index in [0.29, 0.717) is 5.56 Å². The summed E-state index contributed by atoms with van der Waals surface area (Å²) in [7, 11) is 0. The van der Waals surface area contributed by atoms with Crippen molar-refractivity contribution in [2.45, 2.75) is 26.2 Å². The minimum atomic E-state index is -0.918. The number of hydrogen-bond donors (Lipinski definition) is 0. The van der Waals surface area contributed by atoms with Gasteiger partial charge in [-0.3, -0.25) is 0 Å². The highest BCUT2D eigenvalue weighted by atomic mass is 32.1. The Bertz CT molecular complexity index is 1020. The summed E-state index contributed by atoms with van der Waals surface area (Å²) in [4.78, 5) is 3.36. The number of rotatable bonds is 6. The molecule has 0 spiro atoms. The molecule has 3 rings (SSSR count). The van der Waals surface area contributed by atoms with Crippen molar-refractivity contribution in [1.82, 2.24) is 0 Å². The smallest absolute Gasteiger partial charge is 0.153 e. The Hall–Kier alpha value is -2.75. The number of halogens is 3. The number of isothiocyanates is 1. The van der Waals surface area contributed by atoms with Crippen molar-refractivity contribution >= 4 is 23.1 Å². The van der Waals surface area contributed by atoms with Crippen LogP contribution in [-0.4, -0.2) is 5.16 Å². The Morgan fingerprint density at radius 1 is 0.821 bits per heavy atom. The van der Waals surface area contributed by atoms with E-state index in [1.807, 2.05) is 29.4 Å². The van der Waals surface area contributed by atoms with Crippen LogP contribution in [0.2, 0.25) is 0 Å². The first-order valence-electron chi connectivity index (χ1n) is 8.99. The lowest BCUT2D eigenvalue weighted by Crippen LogP contribution is -1.91. The summed E-state index contributed by atoms with van der Waals surface area (Å²) in [5, 5.41) is 1.93. The summed E-state index contributed by atoms with van der Waals surface area (Å²) in [6, 6.07) is 14.7. The minimum absolute atomic E-state index is 0.0947. The Morgan fingerprint density at radius 2 is 1.43 bits per heavy atom. The molecule has 142 valence electrons. The van der Waals surface area contributed by atoms with Gasteiger partial charge in [0.2, 0.25) is 0 Å². The van der Waals surface area contributed by atoms with Crippen LogP contribution in [0.25, 0.3) is 22.3 Å². The molecule has 0 saturated carbocycles. The van der Waals surface area contributed by atoms with Crippen molar-refractivity contribution in [2.24, 2.45) is 4.99 Å². The summed E-state index contributed by atoms with van der Waals surface area (Å²) >= 11 is 4.38. The van der Waals surface area contributed by atoms with Crippen LogP contribution in [-0.2, 0) is 6.42 Å². The van der Waals surface area contributed by atoms with Crippen LogP contribution in [0.4, 0.5) is 18.9 Å². The number of aryl methyl sites for hydroxylation is 1. The molecule has 0 radical (unpaired) electrons. The van der Waals surface area contributed by atoms with Gasteiger partial charge in [0.05, 0.1) is 5.16 Å². The lowest BCUT2D eigenvalue weighted by Gasteiger charge is -2.09. The Balaban J connectivity index is 1.92. The summed E-state index contributed by atoms with van der Waals surface area (Å²) in [5.41, 5.74) is 2.50. The molecule has 0 fully saturated rings. The average Bonchev–Trinajstić information content (AvgIpc) is 2.69. The van der Waals surface area contributed by atoms with Crippen LogP contribution in [0.15, 0.2) is 59.6 Å². The fraction of sp³-hybridized carbons (Fsp3) is 0.174. The third-order valence-corrected chi connectivity index (χ3v) is 4.65. The fourth-order valence-electron chi connectivity index (χ4n) is 3.05. The third-order valence-electron chi connectivity index (χ3n) is 4.56. The number of benzene rings is 3. The van der Waals surface area contributed by atoms with Crippen LogP contribution < -0.4 is 0 Å². The van der Waals surface area contributed by atoms with Gasteiger partial charge in [0.1, 0.15) is 11.5 Å². The quantitative estimate of drug-likeness (QED) is 0.310. The first-order chi connectivity index (χ1) is 13.5. The molecule has 5 heteroatoms. The van der Waals surface area contributed by atoms with Crippen LogP contribution in [0.3, 0.4) is 0 Å². The SMILES string of the molecule is CCCCc1ccc(-c2ccc(-c3cc(F)c(N=C=S)c(F)c3)c(F)c2)cc1. The Kier molecular flexibility index (Phi) is 6.40. The van der Waals surface area contributed by atoms with Crippen molar-refractivity contribution in [2.75, 3.05) is 0 Å². The third kappa shape index (κ3) is 4.38. The zero-order valence-electron chi connectivity index (χ0n) is 15.3. The number of hydrogen-bond acceptors (Lipinski definition) is 2. The van der Waals surface area contributed by atoms with Gasteiger partial charge < -0.3 is 0 Å². The molecule has 3 aromatic rings. The van der Waals surface area contributed by atoms with Crippen molar-refractivity contribution < 1.29 is 13.2 Å². The predicted molar refractivity (Wildman–Crippen MR) is 110 cm³/mol. The lowest BCUT2D eigenvalue weighted by atomic mass is 9.98. The molecular weight excluding hydrogens is 379 g/mol. The number of unbranched alkanes of at least 4 members (excludes halogenated alkanes) is 1. The monoisotopic (exact) mass is 397 g/mol. The highest BCUT2D eigenvalue weighted by molar-refractivity contribution is 7.78. The lowest BCUT2D eigenvalue weighted by molar-refractivity contribution is 0.588. The van der Waals surface area contributed by atoms with Crippen LogP contribution >= 0.6 is 12.2 Å². The standard InChI is InChI=1S/C23H18F3NS/c1-2-3-4-15-5-7-16(8-6-15)17-9-10-19(20(24)11-17)18-12-21(25)23(27-14-28)22(26)13-18/h5-13H,2-4H2,1H3. The number of nitrogens with zero attached hydrogens (tertiary/aromatic N) is 1. The van der Waals surface area contributed by atoms with Gasteiger partial charge >= 0.3 is 0 Å². The number of thiocarbonyl (C=S) groups is 1. The van der Waals surface area contributed by atoms with Crippen LogP contribution in [0.1, 0.15) is 25.3 Å². The highest BCUT2D eigenvalue weighted by Gasteiger charge is 2.14. The van der Waals surface area contributed by atoms with E-state index in [9.17, 15) is 13.2 Å². The topological polar surface area (TPSA) is 12.4 Å². The largest absolute Gasteiger partial charge is 0.206 e. The fourth-order valence-corrected chi connectivity index (χ4v) is 3.14. The molecule has 0 heterocycles. The second kappa shape index (κ2) is 8.96. The van der Waals surface area contributed by atoms with Crippen LogP contribution in [0, 0.1) is 17.5 Å². The van der Waals surface area contributed by atoms with Gasteiger partial charge in [0.25, 0.3) is 0 Å². The van der Waals surface area contributed by atoms with Gasteiger partial charge in [-0.2, -0.15) is 4.99 Å². The van der Waals surface area contributed by atoms with Gasteiger partial charge in [-0.05, 0) is 65.5 Å².